The number of carbonyl (C=O) groups excluding carboxylic acids is 1. The molecule has 0 atom stereocenters. The molecule has 1 fully saturated rings. The van der Waals surface area contributed by atoms with Crippen molar-refractivity contribution in [2.45, 2.75) is 19.3 Å². The fourth-order valence-corrected chi connectivity index (χ4v) is 3.90. The van der Waals surface area contributed by atoms with Gasteiger partial charge in [0, 0.05) is 44.8 Å². The van der Waals surface area contributed by atoms with Crippen molar-refractivity contribution in [3.8, 4) is 0 Å². The second-order valence-corrected chi connectivity index (χ2v) is 7.45. The van der Waals surface area contributed by atoms with Crippen LogP contribution in [0.4, 0.5) is 5.69 Å². The molecule has 5 nitrogen and oxygen atoms in total. The van der Waals surface area contributed by atoms with E-state index in [-0.39, 0.29) is 5.91 Å². The highest BCUT2D eigenvalue weighted by Gasteiger charge is 2.22. The van der Waals surface area contributed by atoms with Gasteiger partial charge in [-0.3, -0.25) is 9.69 Å². The number of hydrogen-bond acceptors (Lipinski definition) is 4. The molecule has 2 aromatic rings. The molecule has 146 valence electrons. The zero-order valence-corrected chi connectivity index (χ0v) is 16.3. The molecule has 2 heterocycles. The number of benzene rings is 2. The first-order valence-electron chi connectivity index (χ1n) is 10.3. The third-order valence-corrected chi connectivity index (χ3v) is 5.56. The van der Waals surface area contributed by atoms with Crippen LogP contribution in [0, 0.1) is 0 Å². The Morgan fingerprint density at radius 3 is 2.18 bits per heavy atom. The lowest BCUT2D eigenvalue weighted by molar-refractivity contribution is -0.131. The first-order chi connectivity index (χ1) is 13.8. The van der Waals surface area contributed by atoms with Gasteiger partial charge in [-0.25, -0.2) is 5.01 Å². The summed E-state index contributed by atoms with van der Waals surface area (Å²) in [6, 6.07) is 20.8. The van der Waals surface area contributed by atoms with E-state index in [0.29, 0.717) is 13.0 Å². The van der Waals surface area contributed by atoms with E-state index in [1.54, 1.807) is 5.01 Å². The van der Waals surface area contributed by atoms with Gasteiger partial charge in [0.05, 0.1) is 12.3 Å². The van der Waals surface area contributed by atoms with Crippen LogP contribution in [0.3, 0.4) is 0 Å². The van der Waals surface area contributed by atoms with Gasteiger partial charge in [0.25, 0.3) is 0 Å². The minimum atomic E-state index is 0.147. The number of rotatable bonds is 5. The summed E-state index contributed by atoms with van der Waals surface area (Å²) in [4.78, 5) is 17.4. The SMILES string of the molecule is O=C1CCCC(c2ccccc2)=NN1CCN1CCN(c2ccccc2)CC1. The lowest BCUT2D eigenvalue weighted by Gasteiger charge is -2.36. The average molecular weight is 377 g/mol. The van der Waals surface area contributed by atoms with E-state index in [9.17, 15) is 4.79 Å². The van der Waals surface area contributed by atoms with Crippen LogP contribution in [0.1, 0.15) is 24.8 Å². The van der Waals surface area contributed by atoms with Gasteiger partial charge in [-0.05, 0) is 30.5 Å². The van der Waals surface area contributed by atoms with Gasteiger partial charge in [-0.2, -0.15) is 5.10 Å². The van der Waals surface area contributed by atoms with E-state index >= 15 is 0 Å². The Kier molecular flexibility index (Phi) is 6.02. The Balaban J connectivity index is 1.34. The first kappa shape index (κ1) is 18.7. The molecule has 0 radical (unpaired) electrons. The van der Waals surface area contributed by atoms with Crippen LogP contribution >= 0.6 is 0 Å². The van der Waals surface area contributed by atoms with Crippen molar-refractivity contribution in [1.29, 1.82) is 0 Å². The average Bonchev–Trinajstić information content (AvgIpc) is 2.95. The van der Waals surface area contributed by atoms with Gasteiger partial charge in [0.1, 0.15) is 0 Å². The highest BCUT2D eigenvalue weighted by atomic mass is 16.2. The third-order valence-electron chi connectivity index (χ3n) is 5.56. The van der Waals surface area contributed by atoms with Crippen LogP contribution in [0.2, 0.25) is 0 Å². The maximum absolute atomic E-state index is 12.5. The van der Waals surface area contributed by atoms with Gasteiger partial charge >= 0.3 is 0 Å². The number of hydrazone groups is 1. The summed E-state index contributed by atoms with van der Waals surface area (Å²) in [5.41, 5.74) is 3.45. The van der Waals surface area contributed by atoms with E-state index in [4.69, 9.17) is 5.10 Å². The summed E-state index contributed by atoms with van der Waals surface area (Å²) in [6.45, 7) is 5.63. The summed E-state index contributed by atoms with van der Waals surface area (Å²) in [5.74, 6) is 0.147. The minimum Gasteiger partial charge on any atom is -0.369 e. The van der Waals surface area contributed by atoms with Gasteiger partial charge < -0.3 is 4.90 Å². The Morgan fingerprint density at radius 2 is 1.46 bits per heavy atom. The largest absolute Gasteiger partial charge is 0.369 e. The van der Waals surface area contributed by atoms with Crippen molar-refractivity contribution in [3.05, 3.63) is 66.2 Å². The predicted molar refractivity (Wildman–Crippen MR) is 114 cm³/mol. The Hall–Kier alpha value is -2.66. The number of piperazine rings is 1. The molecule has 5 heteroatoms. The zero-order chi connectivity index (χ0) is 19.2. The molecule has 4 rings (SSSR count). The fourth-order valence-electron chi connectivity index (χ4n) is 3.90. The van der Waals surface area contributed by atoms with Gasteiger partial charge in [0.2, 0.25) is 5.91 Å². The molecule has 0 unspecified atom stereocenters. The zero-order valence-electron chi connectivity index (χ0n) is 16.3. The first-order valence-corrected chi connectivity index (χ1v) is 10.3. The second-order valence-electron chi connectivity index (χ2n) is 7.45. The molecule has 2 aromatic carbocycles. The highest BCUT2D eigenvalue weighted by Crippen LogP contribution is 2.17. The molecule has 1 amide bonds. The van der Waals surface area contributed by atoms with Crippen molar-refractivity contribution in [2.75, 3.05) is 44.2 Å². The molecule has 0 aromatic heterocycles. The molecule has 2 aliphatic heterocycles. The van der Waals surface area contributed by atoms with Crippen molar-refractivity contribution < 1.29 is 4.79 Å². The van der Waals surface area contributed by atoms with Gasteiger partial charge in [0.15, 0.2) is 0 Å². The van der Waals surface area contributed by atoms with Crippen LogP contribution in [-0.2, 0) is 4.79 Å². The maximum Gasteiger partial charge on any atom is 0.242 e. The third kappa shape index (κ3) is 4.60. The standard InChI is InChI=1S/C23H28N4O/c28-23-13-7-12-22(20-8-3-1-4-9-20)24-27(23)19-16-25-14-17-26(18-15-25)21-10-5-2-6-11-21/h1-6,8-11H,7,12-19H2. The van der Waals surface area contributed by atoms with E-state index in [1.807, 2.05) is 18.2 Å². The molecule has 28 heavy (non-hydrogen) atoms. The molecule has 0 aliphatic carbocycles. The van der Waals surface area contributed by atoms with Crippen LogP contribution in [0.25, 0.3) is 0 Å². The summed E-state index contributed by atoms with van der Waals surface area (Å²) >= 11 is 0. The highest BCUT2D eigenvalue weighted by molar-refractivity contribution is 6.01. The van der Waals surface area contributed by atoms with E-state index in [1.165, 1.54) is 5.69 Å². The summed E-state index contributed by atoms with van der Waals surface area (Å²) in [5, 5.41) is 6.44. The fraction of sp³-hybridized carbons (Fsp3) is 0.391. The Morgan fingerprint density at radius 1 is 0.786 bits per heavy atom. The second kappa shape index (κ2) is 9.02. The van der Waals surface area contributed by atoms with E-state index in [2.05, 4.69) is 52.3 Å². The summed E-state index contributed by atoms with van der Waals surface area (Å²) < 4.78 is 0. The Labute approximate surface area is 167 Å². The van der Waals surface area contributed by atoms with Crippen LogP contribution in [0.5, 0.6) is 0 Å². The Bertz CT molecular complexity index is 798. The van der Waals surface area contributed by atoms with Gasteiger partial charge in [-0.15, -0.1) is 0 Å². The number of para-hydroxylation sites is 1. The molecule has 2 aliphatic rings. The minimum absolute atomic E-state index is 0.147. The summed E-state index contributed by atoms with van der Waals surface area (Å²) in [6.07, 6.45) is 2.32. The van der Waals surface area contributed by atoms with E-state index in [0.717, 1.165) is 56.8 Å². The number of anilines is 1. The molecular weight excluding hydrogens is 348 g/mol. The molecular formula is C23H28N4O. The molecule has 0 saturated carbocycles. The van der Waals surface area contributed by atoms with Crippen molar-refractivity contribution >= 4 is 17.3 Å². The van der Waals surface area contributed by atoms with Crippen molar-refractivity contribution in [3.63, 3.8) is 0 Å². The lowest BCUT2D eigenvalue weighted by atomic mass is 10.1. The molecule has 1 saturated heterocycles. The quantitative estimate of drug-likeness (QED) is 0.804. The summed E-state index contributed by atoms with van der Waals surface area (Å²) in [7, 11) is 0. The van der Waals surface area contributed by atoms with Crippen LogP contribution in [-0.4, -0.2) is 60.8 Å². The van der Waals surface area contributed by atoms with Gasteiger partial charge in [-0.1, -0.05) is 48.5 Å². The van der Waals surface area contributed by atoms with Crippen molar-refractivity contribution in [1.82, 2.24) is 9.91 Å². The number of hydrogen-bond donors (Lipinski definition) is 0. The van der Waals surface area contributed by atoms with E-state index < -0.39 is 0 Å². The smallest absolute Gasteiger partial charge is 0.242 e. The number of nitrogens with zero attached hydrogens (tertiary/aromatic N) is 4. The maximum atomic E-state index is 12.5. The van der Waals surface area contributed by atoms with Crippen LogP contribution < -0.4 is 4.90 Å². The van der Waals surface area contributed by atoms with Crippen LogP contribution in [0.15, 0.2) is 65.8 Å². The topological polar surface area (TPSA) is 39.2 Å². The monoisotopic (exact) mass is 376 g/mol. The predicted octanol–water partition coefficient (Wildman–Crippen LogP) is 3.23. The molecule has 0 N–H and O–H groups in total. The number of amides is 1. The molecule has 0 spiro atoms. The molecule has 0 bridgehead atoms. The number of carbonyl (C=O) groups is 1. The van der Waals surface area contributed by atoms with Crippen molar-refractivity contribution in [2.24, 2.45) is 5.10 Å². The lowest BCUT2D eigenvalue weighted by Crippen LogP contribution is -2.48. The normalized spacial score (nSPS) is 18.7.